The van der Waals surface area contributed by atoms with Crippen molar-refractivity contribution < 1.29 is 13.2 Å². The molecule has 0 amide bonds. The van der Waals surface area contributed by atoms with Gasteiger partial charge in [0.2, 0.25) is 5.28 Å². The molecule has 98 valence electrons. The molecule has 0 aliphatic rings. The molecule has 3 aromatic heterocycles. The summed E-state index contributed by atoms with van der Waals surface area (Å²) in [7, 11) is 0. The van der Waals surface area contributed by atoms with Crippen molar-refractivity contribution in [3.8, 4) is 5.82 Å². The van der Waals surface area contributed by atoms with Crippen LogP contribution in [0.5, 0.6) is 0 Å². The van der Waals surface area contributed by atoms with Crippen molar-refractivity contribution in [3.05, 3.63) is 29.6 Å². The summed E-state index contributed by atoms with van der Waals surface area (Å²) in [6.07, 6.45) is -1.60. The van der Waals surface area contributed by atoms with Gasteiger partial charge < -0.3 is 4.98 Å². The van der Waals surface area contributed by atoms with Gasteiger partial charge in [0.25, 0.3) is 0 Å². The normalized spacial score (nSPS) is 12.2. The van der Waals surface area contributed by atoms with Gasteiger partial charge >= 0.3 is 6.18 Å². The molecule has 0 saturated carbocycles. The molecule has 1 N–H and O–H groups in total. The van der Waals surface area contributed by atoms with Crippen LogP contribution >= 0.6 is 11.6 Å². The van der Waals surface area contributed by atoms with Crippen LogP contribution in [0.4, 0.5) is 13.2 Å². The minimum absolute atomic E-state index is 0.100. The molecular weight excluding hydrogens is 285 g/mol. The average Bonchev–Trinajstić information content (AvgIpc) is 2.94. The predicted molar refractivity (Wildman–Crippen MR) is 58.8 cm³/mol. The van der Waals surface area contributed by atoms with Crippen molar-refractivity contribution in [1.29, 1.82) is 0 Å². The number of aromatic nitrogens is 6. The zero-order chi connectivity index (χ0) is 13.6. The lowest BCUT2D eigenvalue weighted by Gasteiger charge is -2.02. The van der Waals surface area contributed by atoms with Crippen molar-refractivity contribution in [2.75, 3.05) is 0 Å². The zero-order valence-electron chi connectivity index (χ0n) is 8.98. The predicted octanol–water partition coefficient (Wildman–Crippen LogP) is 2.21. The van der Waals surface area contributed by atoms with Crippen LogP contribution in [0, 0.1) is 0 Å². The van der Waals surface area contributed by atoms with E-state index in [9.17, 15) is 13.2 Å². The molecule has 6 nitrogen and oxygen atoms in total. The van der Waals surface area contributed by atoms with Crippen molar-refractivity contribution in [2.45, 2.75) is 6.18 Å². The van der Waals surface area contributed by atoms with Crippen LogP contribution in [-0.4, -0.2) is 29.7 Å². The first-order valence-corrected chi connectivity index (χ1v) is 5.32. The van der Waals surface area contributed by atoms with Crippen molar-refractivity contribution in [1.82, 2.24) is 29.7 Å². The van der Waals surface area contributed by atoms with Gasteiger partial charge in [0, 0.05) is 6.20 Å². The van der Waals surface area contributed by atoms with E-state index in [1.54, 1.807) is 0 Å². The van der Waals surface area contributed by atoms with Gasteiger partial charge in [0.1, 0.15) is 5.52 Å². The second-order valence-electron chi connectivity index (χ2n) is 3.59. The number of nitrogens with zero attached hydrogens (tertiary/aromatic N) is 5. The first-order chi connectivity index (χ1) is 8.95. The van der Waals surface area contributed by atoms with E-state index < -0.39 is 11.7 Å². The quantitative estimate of drug-likeness (QED) is 0.697. The number of fused-ring (bicyclic) bond motifs is 1. The highest BCUT2D eigenvalue weighted by Crippen LogP contribution is 2.29. The summed E-state index contributed by atoms with van der Waals surface area (Å²) in [6, 6.07) is 0. The fraction of sp³-hybridized carbons (Fsp3) is 0.111. The van der Waals surface area contributed by atoms with E-state index in [4.69, 9.17) is 11.6 Å². The van der Waals surface area contributed by atoms with E-state index >= 15 is 0 Å². The molecule has 0 bridgehead atoms. The van der Waals surface area contributed by atoms with E-state index in [1.165, 1.54) is 6.33 Å². The number of halogens is 4. The van der Waals surface area contributed by atoms with Gasteiger partial charge in [-0.05, 0) is 11.6 Å². The van der Waals surface area contributed by atoms with Crippen LogP contribution in [0.15, 0.2) is 18.7 Å². The smallest absolute Gasteiger partial charge is 0.340 e. The van der Waals surface area contributed by atoms with E-state index in [-0.39, 0.29) is 16.7 Å². The van der Waals surface area contributed by atoms with E-state index in [0.29, 0.717) is 11.7 Å². The number of nitrogens with one attached hydrogen (secondary N) is 1. The lowest BCUT2D eigenvalue weighted by molar-refractivity contribution is -0.137. The highest BCUT2D eigenvalue weighted by Gasteiger charge is 2.32. The van der Waals surface area contributed by atoms with Crippen LogP contribution < -0.4 is 0 Å². The Morgan fingerprint density at radius 1 is 1.26 bits per heavy atom. The van der Waals surface area contributed by atoms with Gasteiger partial charge in [-0.2, -0.15) is 28.2 Å². The lowest BCUT2D eigenvalue weighted by atomic mass is 10.3. The number of rotatable bonds is 1. The first kappa shape index (κ1) is 11.9. The second kappa shape index (κ2) is 3.92. The summed E-state index contributed by atoms with van der Waals surface area (Å²) in [5, 5.41) is 3.50. The van der Waals surface area contributed by atoms with Crippen LogP contribution in [0.2, 0.25) is 5.28 Å². The fourth-order valence-corrected chi connectivity index (χ4v) is 1.70. The molecule has 19 heavy (non-hydrogen) atoms. The maximum absolute atomic E-state index is 12.5. The molecule has 0 atom stereocenters. The molecule has 0 aliphatic heterocycles. The highest BCUT2D eigenvalue weighted by molar-refractivity contribution is 6.28. The van der Waals surface area contributed by atoms with Crippen LogP contribution in [0.25, 0.3) is 17.0 Å². The van der Waals surface area contributed by atoms with Crippen molar-refractivity contribution in [2.24, 2.45) is 0 Å². The molecule has 0 aromatic carbocycles. The summed E-state index contributed by atoms with van der Waals surface area (Å²) < 4.78 is 38.5. The van der Waals surface area contributed by atoms with Crippen LogP contribution in [0.1, 0.15) is 5.56 Å². The molecule has 3 aromatic rings. The standard InChI is InChI=1S/C9H4ClF3N6/c10-8-17-6-5(14-3-15-6)7(18-8)19-2-4(1-16-19)9(11,12)13/h1-3H,(H,14,15,17,18). The molecule has 0 aliphatic carbocycles. The number of imidazole rings is 1. The Balaban J connectivity index is 2.19. The first-order valence-electron chi connectivity index (χ1n) is 4.94. The monoisotopic (exact) mass is 288 g/mol. The summed E-state index contributed by atoms with van der Waals surface area (Å²) in [5.74, 6) is 0.100. The number of aromatic amines is 1. The van der Waals surface area contributed by atoms with Gasteiger partial charge in [0.15, 0.2) is 11.5 Å². The average molecular weight is 289 g/mol. The lowest BCUT2D eigenvalue weighted by Crippen LogP contribution is -2.04. The van der Waals surface area contributed by atoms with Gasteiger partial charge in [-0.1, -0.05) is 0 Å². The Morgan fingerprint density at radius 3 is 2.74 bits per heavy atom. The van der Waals surface area contributed by atoms with Crippen LogP contribution in [-0.2, 0) is 6.18 Å². The molecule has 0 saturated heterocycles. The summed E-state index contributed by atoms with van der Waals surface area (Å²) >= 11 is 5.69. The van der Waals surface area contributed by atoms with Crippen LogP contribution in [0.3, 0.4) is 0 Å². The number of alkyl halides is 3. The van der Waals surface area contributed by atoms with Gasteiger partial charge in [-0.3, -0.25) is 0 Å². The molecule has 0 radical (unpaired) electrons. The second-order valence-corrected chi connectivity index (χ2v) is 3.93. The Morgan fingerprint density at radius 2 is 2.05 bits per heavy atom. The van der Waals surface area contributed by atoms with Crippen molar-refractivity contribution in [3.63, 3.8) is 0 Å². The van der Waals surface area contributed by atoms with Gasteiger partial charge in [-0.15, -0.1) is 0 Å². The van der Waals surface area contributed by atoms with Gasteiger partial charge in [-0.25, -0.2) is 9.67 Å². The summed E-state index contributed by atoms with van der Waals surface area (Å²) in [6.45, 7) is 0. The number of hydrogen-bond acceptors (Lipinski definition) is 4. The molecule has 0 unspecified atom stereocenters. The third kappa shape index (κ3) is 2.01. The highest BCUT2D eigenvalue weighted by atomic mass is 35.5. The minimum atomic E-state index is -4.47. The molecular formula is C9H4ClF3N6. The maximum Gasteiger partial charge on any atom is 0.419 e. The SMILES string of the molecule is FC(F)(F)c1cnn(-c2nc(Cl)nc3nc[nH]c23)c1. The number of H-pyrrole nitrogens is 1. The third-order valence-electron chi connectivity index (χ3n) is 2.37. The molecule has 0 fully saturated rings. The topological polar surface area (TPSA) is 72.3 Å². The molecule has 3 heterocycles. The summed E-state index contributed by atoms with van der Waals surface area (Å²) in [4.78, 5) is 14.3. The Kier molecular flexibility index (Phi) is 2.45. The Hall–Kier alpha value is -2.16. The molecule has 0 spiro atoms. The third-order valence-corrected chi connectivity index (χ3v) is 2.54. The summed E-state index contributed by atoms with van der Waals surface area (Å²) in [5.41, 5.74) is -0.282. The van der Waals surface area contributed by atoms with Gasteiger partial charge in [0.05, 0.1) is 18.1 Å². The Bertz CT molecular complexity index is 746. The van der Waals surface area contributed by atoms with E-state index in [0.717, 1.165) is 10.9 Å². The number of hydrogen-bond donors (Lipinski definition) is 1. The minimum Gasteiger partial charge on any atom is -0.340 e. The molecule has 3 rings (SSSR count). The Labute approximate surface area is 108 Å². The maximum atomic E-state index is 12.5. The zero-order valence-corrected chi connectivity index (χ0v) is 9.74. The largest absolute Gasteiger partial charge is 0.419 e. The molecule has 10 heteroatoms. The van der Waals surface area contributed by atoms with E-state index in [1.807, 2.05) is 0 Å². The van der Waals surface area contributed by atoms with E-state index in [2.05, 4.69) is 25.0 Å². The van der Waals surface area contributed by atoms with Crippen molar-refractivity contribution >= 4 is 22.8 Å². The fourth-order valence-electron chi connectivity index (χ4n) is 1.54.